The summed E-state index contributed by atoms with van der Waals surface area (Å²) in [7, 11) is 1.61. The Morgan fingerprint density at radius 3 is 2.64 bits per heavy atom. The largest absolute Gasteiger partial charge is 0.493 e. The second-order valence-electron chi connectivity index (χ2n) is 7.99. The van der Waals surface area contributed by atoms with E-state index in [9.17, 15) is 9.90 Å². The molecule has 0 bridgehead atoms. The molecule has 3 rings (SSSR count). The van der Waals surface area contributed by atoms with Crippen molar-refractivity contribution in [3.63, 3.8) is 0 Å². The van der Waals surface area contributed by atoms with Gasteiger partial charge in [-0.3, -0.25) is 4.79 Å². The molecule has 0 spiro atoms. The van der Waals surface area contributed by atoms with Gasteiger partial charge >= 0.3 is 0 Å². The van der Waals surface area contributed by atoms with Gasteiger partial charge in [-0.25, -0.2) is 0 Å². The lowest BCUT2D eigenvalue weighted by Crippen LogP contribution is -2.43. The summed E-state index contributed by atoms with van der Waals surface area (Å²) in [5.41, 5.74) is 1.47. The van der Waals surface area contributed by atoms with Crippen LogP contribution in [0.1, 0.15) is 62.2 Å². The van der Waals surface area contributed by atoms with Crippen LogP contribution in [0.3, 0.4) is 0 Å². The van der Waals surface area contributed by atoms with Gasteiger partial charge in [0.1, 0.15) is 6.61 Å². The molecule has 2 aromatic rings. The van der Waals surface area contributed by atoms with Crippen LogP contribution in [0.2, 0.25) is 10.0 Å². The highest BCUT2D eigenvalue weighted by molar-refractivity contribution is 6.42. The number of hydrogen-bond donors (Lipinski definition) is 2. The first-order valence-electron chi connectivity index (χ1n) is 11.1. The molecule has 1 saturated carbocycles. The number of halogens is 2. The zero-order valence-electron chi connectivity index (χ0n) is 18.9. The van der Waals surface area contributed by atoms with Crippen molar-refractivity contribution in [3.05, 3.63) is 57.6 Å². The quantitative estimate of drug-likeness (QED) is 0.491. The first kappa shape index (κ1) is 25.2. The number of amides is 1. The van der Waals surface area contributed by atoms with Crippen molar-refractivity contribution in [1.82, 2.24) is 5.32 Å². The predicted octanol–water partition coefficient (Wildman–Crippen LogP) is 5.67. The fraction of sp³-hybridized carbons (Fsp3) is 0.423. The number of aliphatic hydroxyl groups excluding tert-OH is 1. The van der Waals surface area contributed by atoms with E-state index in [2.05, 4.69) is 17.2 Å². The van der Waals surface area contributed by atoms with Gasteiger partial charge in [-0.2, -0.15) is 0 Å². The van der Waals surface area contributed by atoms with Crippen LogP contribution in [0.15, 0.2) is 36.4 Å². The van der Waals surface area contributed by atoms with Crippen LogP contribution < -0.4 is 14.8 Å². The molecule has 2 aromatic carbocycles. The molecule has 1 aliphatic rings. The minimum Gasteiger partial charge on any atom is -0.493 e. The number of carbonyl (C=O) groups excluding carboxylic acids is 1. The van der Waals surface area contributed by atoms with Crippen molar-refractivity contribution in [2.45, 2.75) is 57.1 Å². The van der Waals surface area contributed by atoms with Gasteiger partial charge in [-0.1, -0.05) is 61.0 Å². The molecule has 5 nitrogen and oxygen atoms in total. The lowest BCUT2D eigenvalue weighted by Gasteiger charge is -2.33. The van der Waals surface area contributed by atoms with Crippen molar-refractivity contribution >= 4 is 29.1 Å². The average Bonchev–Trinajstić information content (AvgIpc) is 2.83. The lowest BCUT2D eigenvalue weighted by molar-refractivity contribution is -0.130. The molecule has 176 valence electrons. The van der Waals surface area contributed by atoms with Gasteiger partial charge in [0.25, 0.3) is 5.91 Å². The minimum atomic E-state index is -1.32. The first-order valence-corrected chi connectivity index (χ1v) is 11.9. The number of benzene rings is 2. The molecule has 1 aliphatic carbocycles. The third-order valence-electron chi connectivity index (χ3n) is 5.82. The van der Waals surface area contributed by atoms with E-state index in [1.165, 1.54) is 6.07 Å². The molecule has 0 heterocycles. The molecular formula is C26H29Cl2NO4. The highest BCUT2D eigenvalue weighted by Gasteiger charge is 2.30. The van der Waals surface area contributed by atoms with Gasteiger partial charge in [-0.05, 0) is 48.2 Å². The van der Waals surface area contributed by atoms with Crippen molar-refractivity contribution < 1.29 is 19.4 Å². The molecule has 0 saturated heterocycles. The Hall–Kier alpha value is -2.39. The summed E-state index contributed by atoms with van der Waals surface area (Å²) in [5.74, 6) is 6.86. The van der Waals surface area contributed by atoms with Gasteiger partial charge in [-0.15, -0.1) is 5.92 Å². The summed E-state index contributed by atoms with van der Waals surface area (Å²) >= 11 is 12.0. The molecule has 2 N–H and O–H groups in total. The van der Waals surface area contributed by atoms with Crippen LogP contribution in [0.4, 0.5) is 0 Å². The van der Waals surface area contributed by atoms with E-state index in [0.717, 1.165) is 37.7 Å². The Morgan fingerprint density at radius 2 is 1.91 bits per heavy atom. The summed E-state index contributed by atoms with van der Waals surface area (Å²) in [6.45, 7) is 2.30. The van der Waals surface area contributed by atoms with Gasteiger partial charge in [0, 0.05) is 18.4 Å². The Bertz CT molecular complexity index is 1030. The average molecular weight is 490 g/mol. The van der Waals surface area contributed by atoms with E-state index >= 15 is 0 Å². The summed E-state index contributed by atoms with van der Waals surface area (Å²) in [6.07, 6.45) is 3.31. The van der Waals surface area contributed by atoms with Crippen LogP contribution >= 0.6 is 23.2 Å². The molecule has 3 atom stereocenters. The molecular weight excluding hydrogens is 461 g/mol. The van der Waals surface area contributed by atoms with E-state index in [1.807, 2.05) is 25.1 Å². The van der Waals surface area contributed by atoms with E-state index in [4.69, 9.17) is 32.7 Å². The van der Waals surface area contributed by atoms with Crippen LogP contribution in [0.25, 0.3) is 0 Å². The van der Waals surface area contributed by atoms with Gasteiger partial charge < -0.3 is 19.9 Å². The highest BCUT2D eigenvalue weighted by atomic mass is 35.5. The lowest BCUT2D eigenvalue weighted by atomic mass is 9.79. The van der Waals surface area contributed by atoms with Crippen molar-refractivity contribution in [1.29, 1.82) is 0 Å². The molecule has 1 fully saturated rings. The molecule has 1 amide bonds. The number of carbonyl (C=O) groups is 1. The number of aliphatic hydroxyl groups is 1. The molecule has 7 heteroatoms. The zero-order valence-corrected chi connectivity index (χ0v) is 20.4. The summed E-state index contributed by atoms with van der Waals surface area (Å²) < 4.78 is 11.3. The van der Waals surface area contributed by atoms with E-state index in [1.54, 1.807) is 19.2 Å². The normalized spacial score (nSPS) is 18.6. The summed E-state index contributed by atoms with van der Waals surface area (Å²) in [5, 5.41) is 14.3. The summed E-state index contributed by atoms with van der Waals surface area (Å²) in [6, 6.07) is 10.5. The maximum Gasteiger partial charge on any atom is 0.253 e. The second kappa shape index (κ2) is 12.2. The highest BCUT2D eigenvalue weighted by Crippen LogP contribution is 2.38. The van der Waals surface area contributed by atoms with Crippen LogP contribution in [-0.2, 0) is 4.79 Å². The monoisotopic (exact) mass is 489 g/mol. The smallest absolute Gasteiger partial charge is 0.253 e. The van der Waals surface area contributed by atoms with Gasteiger partial charge in [0.05, 0.1) is 17.2 Å². The zero-order chi connectivity index (χ0) is 23.8. The first-order chi connectivity index (χ1) is 15.9. The predicted molar refractivity (Wildman–Crippen MR) is 131 cm³/mol. The number of nitrogens with one attached hydrogen (secondary N) is 1. The molecule has 0 aliphatic heterocycles. The number of ether oxygens (including phenoxy) is 2. The standard InChI is InChI=1S/C26H29Cl2NO4/c1-3-4-7-14-33-23-13-11-17(16-24(23)32-2)19-8-5-6-9-22(19)29-26(31)25(30)18-10-12-20(27)21(28)15-18/h10-13,15-16,19,22,25,30H,3,5-6,8-9,14H2,1-2H3,(H,29,31)/t19-,22+,25?/m1/s1. The Kier molecular flexibility index (Phi) is 9.31. The minimum absolute atomic E-state index is 0.101. The topological polar surface area (TPSA) is 67.8 Å². The van der Waals surface area contributed by atoms with E-state index in [0.29, 0.717) is 33.7 Å². The Morgan fingerprint density at radius 1 is 1.12 bits per heavy atom. The maximum atomic E-state index is 12.8. The van der Waals surface area contributed by atoms with Crippen molar-refractivity contribution in [3.8, 4) is 23.3 Å². The van der Waals surface area contributed by atoms with Crippen molar-refractivity contribution in [2.75, 3.05) is 13.7 Å². The van der Waals surface area contributed by atoms with Gasteiger partial charge in [0.15, 0.2) is 17.6 Å². The van der Waals surface area contributed by atoms with Crippen LogP contribution in [-0.4, -0.2) is 30.8 Å². The molecule has 33 heavy (non-hydrogen) atoms. The summed E-state index contributed by atoms with van der Waals surface area (Å²) in [4.78, 5) is 12.8. The molecule has 0 aromatic heterocycles. The van der Waals surface area contributed by atoms with E-state index < -0.39 is 12.0 Å². The number of methoxy groups -OCH3 is 1. The SMILES string of the molecule is CCC#CCOc1ccc([C@H]2CCCC[C@@H]2NC(=O)C(O)c2ccc(Cl)c(Cl)c2)cc1OC. The number of rotatable bonds is 7. The second-order valence-corrected chi connectivity index (χ2v) is 8.80. The third kappa shape index (κ3) is 6.57. The van der Waals surface area contributed by atoms with Crippen LogP contribution in [0, 0.1) is 11.8 Å². The Balaban J connectivity index is 1.74. The number of hydrogen-bond acceptors (Lipinski definition) is 4. The third-order valence-corrected chi connectivity index (χ3v) is 6.56. The fourth-order valence-electron chi connectivity index (χ4n) is 4.12. The molecule has 0 radical (unpaired) electrons. The molecule has 1 unspecified atom stereocenters. The maximum absolute atomic E-state index is 12.8. The van der Waals surface area contributed by atoms with Crippen LogP contribution in [0.5, 0.6) is 11.5 Å². The van der Waals surface area contributed by atoms with Gasteiger partial charge in [0.2, 0.25) is 0 Å². The van der Waals surface area contributed by atoms with Crippen molar-refractivity contribution in [2.24, 2.45) is 0 Å². The van der Waals surface area contributed by atoms with E-state index in [-0.39, 0.29) is 12.0 Å². The Labute approximate surface area is 205 Å². The fourth-order valence-corrected chi connectivity index (χ4v) is 4.43.